The molecule has 1 atom stereocenters. The van der Waals surface area contributed by atoms with Crippen molar-refractivity contribution in [1.82, 2.24) is 15.3 Å². The Morgan fingerprint density at radius 2 is 2.00 bits per heavy atom. The van der Waals surface area contributed by atoms with Gasteiger partial charge in [0.2, 0.25) is 5.91 Å². The van der Waals surface area contributed by atoms with Crippen LogP contribution in [0, 0.1) is 0 Å². The zero-order valence-electron chi connectivity index (χ0n) is 10.4. The highest BCUT2D eigenvalue weighted by molar-refractivity contribution is 5.95. The van der Waals surface area contributed by atoms with Crippen molar-refractivity contribution in [2.45, 2.75) is 13.0 Å². The van der Waals surface area contributed by atoms with Crippen LogP contribution in [-0.4, -0.2) is 27.8 Å². The highest BCUT2D eigenvalue weighted by Gasteiger charge is 2.15. The normalized spacial score (nSPS) is 11.8. The topological polar surface area (TPSA) is 101 Å². The Kier molecular flexibility index (Phi) is 3.61. The third kappa shape index (κ3) is 2.98. The molecule has 2 rings (SSSR count). The molecule has 0 radical (unpaired) electrons. The minimum absolute atomic E-state index is 0.284. The Morgan fingerprint density at radius 3 is 2.63 bits per heavy atom. The molecule has 1 heterocycles. The standard InChI is InChI=1S/C13H14N4O2/c1-8(11(14)18)16-13(19)10-7-15-12(17-10)9-5-3-2-4-6-9/h2-8H,1H3,(H2,14,18)(H,15,17)(H,16,19)/t8-/m0/s1. The first-order chi connectivity index (χ1) is 9.08. The summed E-state index contributed by atoms with van der Waals surface area (Å²) in [6, 6.07) is 8.70. The summed E-state index contributed by atoms with van der Waals surface area (Å²) in [6.07, 6.45) is 1.42. The van der Waals surface area contributed by atoms with Crippen molar-refractivity contribution in [3.63, 3.8) is 0 Å². The van der Waals surface area contributed by atoms with E-state index < -0.39 is 17.9 Å². The van der Waals surface area contributed by atoms with Crippen LogP contribution in [0.25, 0.3) is 11.4 Å². The number of H-pyrrole nitrogens is 1. The van der Waals surface area contributed by atoms with Crippen LogP contribution >= 0.6 is 0 Å². The van der Waals surface area contributed by atoms with Crippen LogP contribution < -0.4 is 11.1 Å². The van der Waals surface area contributed by atoms with E-state index >= 15 is 0 Å². The largest absolute Gasteiger partial charge is 0.368 e. The number of hydrogen-bond acceptors (Lipinski definition) is 3. The Balaban J connectivity index is 2.13. The van der Waals surface area contributed by atoms with Crippen LogP contribution in [0.4, 0.5) is 0 Å². The summed E-state index contributed by atoms with van der Waals surface area (Å²) in [5, 5.41) is 2.48. The van der Waals surface area contributed by atoms with Crippen molar-refractivity contribution in [2.75, 3.05) is 0 Å². The maximum absolute atomic E-state index is 11.8. The van der Waals surface area contributed by atoms with Crippen LogP contribution in [-0.2, 0) is 4.79 Å². The number of nitrogens with one attached hydrogen (secondary N) is 2. The van der Waals surface area contributed by atoms with Gasteiger partial charge in [-0.2, -0.15) is 0 Å². The molecule has 98 valence electrons. The van der Waals surface area contributed by atoms with E-state index in [1.165, 1.54) is 13.1 Å². The molecule has 0 saturated heterocycles. The number of hydrogen-bond donors (Lipinski definition) is 3. The van der Waals surface area contributed by atoms with Crippen molar-refractivity contribution < 1.29 is 9.59 Å². The molecule has 6 nitrogen and oxygen atoms in total. The number of aromatic amines is 1. The number of imidazole rings is 1. The van der Waals surface area contributed by atoms with Crippen molar-refractivity contribution >= 4 is 11.8 Å². The van der Waals surface area contributed by atoms with Crippen LogP contribution in [0.15, 0.2) is 36.5 Å². The van der Waals surface area contributed by atoms with Gasteiger partial charge in [-0.05, 0) is 6.92 Å². The third-order valence-corrected chi connectivity index (χ3v) is 2.64. The number of carbonyl (C=O) groups is 2. The first-order valence-corrected chi connectivity index (χ1v) is 5.78. The number of rotatable bonds is 4. The molecule has 0 aliphatic heterocycles. The summed E-state index contributed by atoms with van der Waals surface area (Å²) in [6.45, 7) is 1.52. The van der Waals surface area contributed by atoms with E-state index in [4.69, 9.17) is 5.73 Å². The van der Waals surface area contributed by atoms with E-state index in [-0.39, 0.29) is 5.69 Å². The lowest BCUT2D eigenvalue weighted by molar-refractivity contribution is -0.119. The Labute approximate surface area is 110 Å². The summed E-state index contributed by atoms with van der Waals surface area (Å²) in [5.41, 5.74) is 6.24. The van der Waals surface area contributed by atoms with E-state index in [0.29, 0.717) is 5.82 Å². The third-order valence-electron chi connectivity index (χ3n) is 2.64. The fourth-order valence-corrected chi connectivity index (χ4v) is 1.52. The second-order valence-corrected chi connectivity index (χ2v) is 4.11. The second kappa shape index (κ2) is 5.34. The van der Waals surface area contributed by atoms with Gasteiger partial charge in [0.05, 0.1) is 6.20 Å². The summed E-state index contributed by atoms with van der Waals surface area (Å²) in [7, 11) is 0. The van der Waals surface area contributed by atoms with Crippen molar-refractivity contribution in [1.29, 1.82) is 0 Å². The number of amides is 2. The average molecular weight is 258 g/mol. The molecule has 0 unspecified atom stereocenters. The lowest BCUT2D eigenvalue weighted by atomic mass is 10.2. The zero-order valence-corrected chi connectivity index (χ0v) is 10.4. The van der Waals surface area contributed by atoms with Gasteiger partial charge in [0.25, 0.3) is 5.91 Å². The van der Waals surface area contributed by atoms with Gasteiger partial charge in [-0.1, -0.05) is 30.3 Å². The van der Waals surface area contributed by atoms with Gasteiger partial charge in [-0.15, -0.1) is 0 Å². The number of carbonyl (C=O) groups excluding carboxylic acids is 2. The van der Waals surface area contributed by atoms with Gasteiger partial charge in [-0.3, -0.25) is 9.59 Å². The minimum atomic E-state index is -0.726. The van der Waals surface area contributed by atoms with Crippen molar-refractivity contribution in [2.24, 2.45) is 5.73 Å². The lowest BCUT2D eigenvalue weighted by Gasteiger charge is -2.08. The second-order valence-electron chi connectivity index (χ2n) is 4.11. The fraction of sp³-hybridized carbons (Fsp3) is 0.154. The highest BCUT2D eigenvalue weighted by Crippen LogP contribution is 2.14. The van der Waals surface area contributed by atoms with Gasteiger partial charge in [0, 0.05) is 5.56 Å². The lowest BCUT2D eigenvalue weighted by Crippen LogP contribution is -2.42. The summed E-state index contributed by atoms with van der Waals surface area (Å²) in [5.74, 6) is -0.408. The van der Waals surface area contributed by atoms with Gasteiger partial charge in [0.1, 0.15) is 17.6 Å². The van der Waals surface area contributed by atoms with E-state index in [1.807, 2.05) is 30.3 Å². The van der Waals surface area contributed by atoms with Gasteiger partial charge < -0.3 is 16.0 Å². The molecule has 2 aromatic rings. The molecule has 0 spiro atoms. The van der Waals surface area contributed by atoms with Gasteiger partial charge in [0.15, 0.2) is 0 Å². The number of primary amides is 1. The molecule has 19 heavy (non-hydrogen) atoms. The average Bonchev–Trinajstić information content (AvgIpc) is 2.89. The molecule has 2 amide bonds. The molecule has 1 aromatic heterocycles. The Bertz CT molecular complexity index is 592. The molecule has 4 N–H and O–H groups in total. The molecule has 0 aliphatic rings. The number of aromatic nitrogens is 2. The van der Waals surface area contributed by atoms with E-state index in [2.05, 4.69) is 15.3 Å². The summed E-state index contributed by atoms with van der Waals surface area (Å²) in [4.78, 5) is 29.7. The monoisotopic (exact) mass is 258 g/mol. The maximum atomic E-state index is 11.8. The van der Waals surface area contributed by atoms with Crippen LogP contribution in [0.1, 0.15) is 17.4 Å². The SMILES string of the molecule is C[C@H](NC(=O)c1cnc(-c2ccccc2)[nH]1)C(N)=O. The van der Waals surface area contributed by atoms with Crippen LogP contribution in [0.5, 0.6) is 0 Å². The first-order valence-electron chi connectivity index (χ1n) is 5.78. The Morgan fingerprint density at radius 1 is 1.32 bits per heavy atom. The van der Waals surface area contributed by atoms with Gasteiger partial charge in [-0.25, -0.2) is 4.98 Å². The number of nitrogens with zero attached hydrogens (tertiary/aromatic N) is 1. The van der Waals surface area contributed by atoms with Crippen molar-refractivity contribution in [3.05, 3.63) is 42.2 Å². The minimum Gasteiger partial charge on any atom is -0.368 e. The van der Waals surface area contributed by atoms with Crippen LogP contribution in [0.2, 0.25) is 0 Å². The molecule has 0 fully saturated rings. The smallest absolute Gasteiger partial charge is 0.270 e. The molecule has 0 bridgehead atoms. The fourth-order valence-electron chi connectivity index (χ4n) is 1.52. The van der Waals surface area contributed by atoms with Crippen molar-refractivity contribution in [3.8, 4) is 11.4 Å². The Hall–Kier alpha value is -2.63. The first kappa shape index (κ1) is 12.8. The number of benzene rings is 1. The quantitative estimate of drug-likeness (QED) is 0.751. The van der Waals surface area contributed by atoms with E-state index in [1.54, 1.807) is 0 Å². The molecular formula is C13H14N4O2. The molecule has 6 heteroatoms. The molecule has 0 aliphatic carbocycles. The van der Waals surface area contributed by atoms with E-state index in [9.17, 15) is 9.59 Å². The van der Waals surface area contributed by atoms with Crippen LogP contribution in [0.3, 0.4) is 0 Å². The number of nitrogens with two attached hydrogens (primary N) is 1. The molecular weight excluding hydrogens is 244 g/mol. The maximum Gasteiger partial charge on any atom is 0.270 e. The van der Waals surface area contributed by atoms with E-state index in [0.717, 1.165) is 5.56 Å². The molecule has 1 aromatic carbocycles. The highest BCUT2D eigenvalue weighted by atomic mass is 16.2. The summed E-state index contributed by atoms with van der Waals surface area (Å²) < 4.78 is 0. The predicted molar refractivity (Wildman–Crippen MR) is 70.1 cm³/mol. The van der Waals surface area contributed by atoms with Gasteiger partial charge >= 0.3 is 0 Å². The predicted octanol–water partition coefficient (Wildman–Crippen LogP) is 0.680. The summed E-state index contributed by atoms with van der Waals surface area (Å²) >= 11 is 0. The molecule has 0 saturated carbocycles. The zero-order chi connectivity index (χ0) is 13.8.